The van der Waals surface area contributed by atoms with Gasteiger partial charge in [0.1, 0.15) is 18.3 Å². The van der Waals surface area contributed by atoms with Crippen LogP contribution in [0, 0.1) is 5.92 Å². The van der Waals surface area contributed by atoms with Crippen molar-refractivity contribution < 1.29 is 23.9 Å². The molecule has 1 aliphatic heterocycles. The number of benzene rings is 3. The maximum atomic E-state index is 14.1. The second-order valence-corrected chi connectivity index (χ2v) is 9.95. The highest BCUT2D eigenvalue weighted by atomic mass is 16.5. The topological polar surface area (TPSA) is 96.0 Å². The number of rotatable bonds is 9. The summed E-state index contributed by atoms with van der Waals surface area (Å²) in [6.07, 6.45) is 6.31. The summed E-state index contributed by atoms with van der Waals surface area (Å²) in [4.78, 5) is 56.3. The maximum Gasteiger partial charge on any atom is 0.299 e. The minimum absolute atomic E-state index is 0.126. The molecule has 0 saturated carbocycles. The van der Waals surface area contributed by atoms with E-state index in [9.17, 15) is 19.2 Å². The summed E-state index contributed by atoms with van der Waals surface area (Å²) in [6.45, 7) is -0.165. The van der Waals surface area contributed by atoms with Crippen LogP contribution in [0.25, 0.3) is 0 Å². The fraction of sp³-hybridized carbons (Fsp3) is 0.250. The quantitative estimate of drug-likeness (QED) is 0.318. The van der Waals surface area contributed by atoms with Crippen molar-refractivity contribution in [2.24, 2.45) is 5.92 Å². The number of amides is 3. The van der Waals surface area contributed by atoms with E-state index in [1.807, 2.05) is 36.4 Å². The van der Waals surface area contributed by atoms with Gasteiger partial charge in [0.05, 0.1) is 18.4 Å². The first-order valence-electron chi connectivity index (χ1n) is 13.3. The molecule has 2 aliphatic rings. The standard InChI is InChI=1S/C32H31N3O5/c1-40-25-18-16-24(17-19-25)33-31(38)29(23-12-6-3-7-13-23)35(20-22-10-4-2-5-11-22)28(36)21-34-27-15-9-8-14-26(27)30(37)32(34)39/h2-6,8-11,14-19,23,29H,7,12-13,20-21H2,1H3,(H,33,38)/t23-,29+/m0/s1. The molecule has 1 heterocycles. The molecule has 1 N–H and O–H groups in total. The van der Waals surface area contributed by atoms with E-state index in [0.717, 1.165) is 18.4 Å². The number of Topliss-reactive ketones (excluding diaryl/α,β-unsaturated/α-hetero) is 1. The average Bonchev–Trinajstić information content (AvgIpc) is 3.23. The first-order chi connectivity index (χ1) is 19.5. The molecule has 40 heavy (non-hydrogen) atoms. The van der Waals surface area contributed by atoms with Crippen molar-refractivity contribution in [2.75, 3.05) is 23.9 Å². The van der Waals surface area contributed by atoms with Gasteiger partial charge in [-0.3, -0.25) is 24.1 Å². The van der Waals surface area contributed by atoms with Crippen LogP contribution in [0.5, 0.6) is 5.75 Å². The lowest BCUT2D eigenvalue weighted by Crippen LogP contribution is -2.54. The number of hydrogen-bond donors (Lipinski definition) is 1. The van der Waals surface area contributed by atoms with Gasteiger partial charge in [0.15, 0.2) is 0 Å². The van der Waals surface area contributed by atoms with Crippen molar-refractivity contribution in [2.45, 2.75) is 31.8 Å². The Morgan fingerprint density at radius 2 is 1.70 bits per heavy atom. The zero-order valence-electron chi connectivity index (χ0n) is 22.3. The predicted molar refractivity (Wildman–Crippen MR) is 152 cm³/mol. The number of methoxy groups -OCH3 is 1. The van der Waals surface area contributed by atoms with Crippen LogP contribution in [0.4, 0.5) is 11.4 Å². The molecule has 0 bridgehead atoms. The SMILES string of the molecule is COc1ccc(NC(=O)[C@@H]([C@H]2CC=CCC2)N(Cc2ccccc2)C(=O)CN2C(=O)C(=O)c3ccccc32)cc1. The highest BCUT2D eigenvalue weighted by Gasteiger charge is 2.41. The molecule has 3 aromatic carbocycles. The van der Waals surface area contributed by atoms with E-state index in [0.29, 0.717) is 23.5 Å². The number of carbonyl (C=O) groups excluding carboxylic acids is 4. The van der Waals surface area contributed by atoms with Crippen LogP contribution in [-0.4, -0.2) is 48.1 Å². The monoisotopic (exact) mass is 537 g/mol. The molecule has 2 atom stereocenters. The van der Waals surface area contributed by atoms with Gasteiger partial charge in [-0.1, -0.05) is 54.6 Å². The molecule has 5 rings (SSSR count). The lowest BCUT2D eigenvalue weighted by atomic mass is 9.85. The first kappa shape index (κ1) is 26.9. The number of hydrogen-bond acceptors (Lipinski definition) is 5. The summed E-state index contributed by atoms with van der Waals surface area (Å²) in [7, 11) is 1.57. The summed E-state index contributed by atoms with van der Waals surface area (Å²) >= 11 is 0. The molecule has 204 valence electrons. The lowest BCUT2D eigenvalue weighted by Gasteiger charge is -2.37. The van der Waals surface area contributed by atoms with E-state index in [2.05, 4.69) is 11.4 Å². The number of allylic oxidation sites excluding steroid dienone is 2. The molecular formula is C32H31N3O5. The van der Waals surface area contributed by atoms with E-state index in [1.165, 1.54) is 4.90 Å². The third kappa shape index (κ3) is 5.66. The number of para-hydroxylation sites is 1. The van der Waals surface area contributed by atoms with Crippen LogP contribution < -0.4 is 15.0 Å². The summed E-state index contributed by atoms with van der Waals surface area (Å²) in [5.41, 5.74) is 2.13. The minimum atomic E-state index is -0.802. The fourth-order valence-corrected chi connectivity index (χ4v) is 5.36. The molecule has 8 heteroatoms. The van der Waals surface area contributed by atoms with Crippen molar-refractivity contribution in [3.05, 3.63) is 102 Å². The molecule has 0 radical (unpaired) electrons. The van der Waals surface area contributed by atoms with Crippen LogP contribution in [-0.2, 0) is 20.9 Å². The van der Waals surface area contributed by atoms with Gasteiger partial charge in [0.2, 0.25) is 11.8 Å². The van der Waals surface area contributed by atoms with E-state index in [1.54, 1.807) is 60.5 Å². The number of carbonyl (C=O) groups is 4. The Balaban J connectivity index is 1.48. The number of ether oxygens (including phenoxy) is 1. The molecule has 0 fully saturated rings. The minimum Gasteiger partial charge on any atom is -0.497 e. The zero-order chi connectivity index (χ0) is 28.1. The van der Waals surface area contributed by atoms with Gasteiger partial charge >= 0.3 is 0 Å². The average molecular weight is 538 g/mol. The third-order valence-electron chi connectivity index (χ3n) is 7.41. The van der Waals surface area contributed by atoms with E-state index >= 15 is 0 Å². The number of ketones is 1. The van der Waals surface area contributed by atoms with Gasteiger partial charge in [0.25, 0.3) is 11.7 Å². The lowest BCUT2D eigenvalue weighted by molar-refractivity contribution is -0.140. The summed E-state index contributed by atoms with van der Waals surface area (Å²) in [5.74, 6) is -1.56. The van der Waals surface area contributed by atoms with Crippen molar-refractivity contribution in [1.82, 2.24) is 4.90 Å². The van der Waals surface area contributed by atoms with E-state index in [4.69, 9.17) is 4.74 Å². The van der Waals surface area contributed by atoms with Crippen LogP contribution >= 0.6 is 0 Å². The Kier molecular flexibility index (Phi) is 8.05. The smallest absolute Gasteiger partial charge is 0.299 e. The normalized spacial score (nSPS) is 16.8. The van der Waals surface area contributed by atoms with Crippen LogP contribution in [0.15, 0.2) is 91.0 Å². The Morgan fingerprint density at radius 1 is 0.975 bits per heavy atom. The molecule has 3 amide bonds. The van der Waals surface area contributed by atoms with Gasteiger partial charge in [0, 0.05) is 12.2 Å². The zero-order valence-corrected chi connectivity index (χ0v) is 22.3. The molecule has 0 unspecified atom stereocenters. The number of fused-ring (bicyclic) bond motifs is 1. The molecule has 1 aliphatic carbocycles. The Labute approximate surface area is 233 Å². The van der Waals surface area contributed by atoms with Crippen molar-refractivity contribution in [3.63, 3.8) is 0 Å². The molecular weight excluding hydrogens is 506 g/mol. The molecule has 0 aromatic heterocycles. The summed E-state index contributed by atoms with van der Waals surface area (Å²) < 4.78 is 5.23. The van der Waals surface area contributed by atoms with Crippen LogP contribution in [0.1, 0.15) is 35.2 Å². The van der Waals surface area contributed by atoms with Crippen LogP contribution in [0.3, 0.4) is 0 Å². The van der Waals surface area contributed by atoms with Gasteiger partial charge < -0.3 is 15.0 Å². The highest BCUT2D eigenvalue weighted by Crippen LogP contribution is 2.31. The second-order valence-electron chi connectivity index (χ2n) is 9.95. The Bertz CT molecular complexity index is 1430. The van der Waals surface area contributed by atoms with Crippen molar-refractivity contribution in [1.29, 1.82) is 0 Å². The van der Waals surface area contributed by atoms with Crippen molar-refractivity contribution in [3.8, 4) is 5.75 Å². The Morgan fingerprint density at radius 3 is 2.40 bits per heavy atom. The highest BCUT2D eigenvalue weighted by molar-refractivity contribution is 6.52. The summed E-state index contributed by atoms with van der Waals surface area (Å²) in [6, 6.07) is 22.3. The van der Waals surface area contributed by atoms with Crippen molar-refractivity contribution >= 4 is 34.9 Å². The molecule has 0 saturated heterocycles. The number of nitrogens with zero attached hydrogens (tertiary/aromatic N) is 2. The van der Waals surface area contributed by atoms with Gasteiger partial charge in [-0.05, 0) is 67.1 Å². The van der Waals surface area contributed by atoms with Gasteiger partial charge in [-0.25, -0.2) is 0 Å². The Hall–Kier alpha value is -4.72. The molecule has 3 aromatic rings. The third-order valence-corrected chi connectivity index (χ3v) is 7.41. The largest absolute Gasteiger partial charge is 0.497 e. The van der Waals surface area contributed by atoms with Crippen LogP contribution in [0.2, 0.25) is 0 Å². The maximum absolute atomic E-state index is 14.1. The summed E-state index contributed by atoms with van der Waals surface area (Å²) in [5, 5.41) is 2.99. The number of nitrogens with one attached hydrogen (secondary N) is 1. The van der Waals surface area contributed by atoms with E-state index in [-0.39, 0.29) is 30.5 Å². The molecule has 0 spiro atoms. The van der Waals surface area contributed by atoms with E-state index < -0.39 is 23.6 Å². The number of anilines is 2. The fourth-order valence-electron chi connectivity index (χ4n) is 5.36. The first-order valence-corrected chi connectivity index (χ1v) is 13.3. The molecule has 8 nitrogen and oxygen atoms in total. The predicted octanol–water partition coefficient (Wildman–Crippen LogP) is 4.62. The van der Waals surface area contributed by atoms with Gasteiger partial charge in [-0.2, -0.15) is 0 Å². The second kappa shape index (κ2) is 12.0. The van der Waals surface area contributed by atoms with Gasteiger partial charge in [-0.15, -0.1) is 0 Å².